The lowest BCUT2D eigenvalue weighted by Gasteiger charge is -2.12. The van der Waals surface area contributed by atoms with Crippen molar-refractivity contribution in [2.45, 2.75) is 105 Å². The van der Waals surface area contributed by atoms with E-state index in [1.165, 1.54) is 63.0 Å². The molecule has 40 heavy (non-hydrogen) atoms. The van der Waals surface area contributed by atoms with E-state index in [1.807, 2.05) is 6.92 Å². The van der Waals surface area contributed by atoms with Gasteiger partial charge in [-0.1, -0.05) is 110 Å². The van der Waals surface area contributed by atoms with Crippen molar-refractivity contribution in [2.24, 2.45) is 11.8 Å². The second kappa shape index (κ2) is 16.9. The fraction of sp³-hybridized carbons (Fsp3) is 0.514. The Labute approximate surface area is 240 Å². The summed E-state index contributed by atoms with van der Waals surface area (Å²) in [5, 5.41) is 0. The number of aromatic nitrogens is 2. The van der Waals surface area contributed by atoms with E-state index in [0.29, 0.717) is 11.7 Å². The molecular weight excluding hydrogens is 499 g/mol. The van der Waals surface area contributed by atoms with Crippen LogP contribution in [-0.2, 0) is 11.2 Å². The molecule has 1 atom stereocenters. The average Bonchev–Trinajstić information content (AvgIpc) is 2.95. The summed E-state index contributed by atoms with van der Waals surface area (Å²) in [6, 6.07) is 13.0. The number of aryl methyl sites for hydroxylation is 1. The standard InChI is InChI=1S/C35H47FN2O2/c1-5-6-7-8-9-10-11-12-16-28-17-19-29(20-18-28)30-24-37-34(38-25-30)32-22-21-31(23-33(32)36)40-35(39)27(4)15-13-14-26(2)3/h17-27H,5-16H2,1-4H3. The lowest BCUT2D eigenvalue weighted by atomic mass is 10.00. The molecule has 216 valence electrons. The van der Waals surface area contributed by atoms with Crippen LogP contribution in [0.25, 0.3) is 22.5 Å². The minimum atomic E-state index is -0.518. The number of unbranched alkanes of at least 4 members (excludes halogenated alkanes) is 7. The number of carbonyl (C=O) groups is 1. The minimum Gasteiger partial charge on any atom is -0.426 e. The van der Waals surface area contributed by atoms with Gasteiger partial charge in [0.2, 0.25) is 0 Å². The molecule has 3 aromatic rings. The molecule has 0 fully saturated rings. The van der Waals surface area contributed by atoms with E-state index in [4.69, 9.17) is 4.74 Å². The summed E-state index contributed by atoms with van der Waals surface area (Å²) in [5.41, 5.74) is 3.55. The van der Waals surface area contributed by atoms with Crippen molar-refractivity contribution >= 4 is 5.97 Å². The van der Waals surface area contributed by atoms with Gasteiger partial charge in [-0.2, -0.15) is 0 Å². The molecule has 0 aliphatic carbocycles. The van der Waals surface area contributed by atoms with Gasteiger partial charge in [0.15, 0.2) is 5.82 Å². The van der Waals surface area contributed by atoms with E-state index in [2.05, 4.69) is 55.0 Å². The molecular formula is C35H47FN2O2. The zero-order valence-corrected chi connectivity index (χ0v) is 24.9. The molecule has 1 aromatic heterocycles. The Balaban J connectivity index is 1.50. The maximum Gasteiger partial charge on any atom is 0.314 e. The maximum atomic E-state index is 14.9. The minimum absolute atomic E-state index is 0.200. The molecule has 0 aliphatic rings. The van der Waals surface area contributed by atoms with E-state index < -0.39 is 5.82 Å². The van der Waals surface area contributed by atoms with Crippen molar-refractivity contribution in [1.29, 1.82) is 0 Å². The molecule has 0 saturated heterocycles. The van der Waals surface area contributed by atoms with Crippen LogP contribution >= 0.6 is 0 Å². The highest BCUT2D eigenvalue weighted by molar-refractivity contribution is 5.75. The Bertz CT molecular complexity index is 1160. The van der Waals surface area contributed by atoms with Crippen LogP contribution < -0.4 is 4.74 Å². The smallest absolute Gasteiger partial charge is 0.314 e. The van der Waals surface area contributed by atoms with Crippen molar-refractivity contribution in [3.63, 3.8) is 0 Å². The quantitative estimate of drug-likeness (QED) is 0.0960. The lowest BCUT2D eigenvalue weighted by Crippen LogP contribution is -2.18. The van der Waals surface area contributed by atoms with E-state index in [9.17, 15) is 9.18 Å². The first-order valence-electron chi connectivity index (χ1n) is 15.3. The first-order valence-corrected chi connectivity index (χ1v) is 15.3. The van der Waals surface area contributed by atoms with Gasteiger partial charge in [0.25, 0.3) is 0 Å². The second-order valence-corrected chi connectivity index (χ2v) is 11.5. The summed E-state index contributed by atoms with van der Waals surface area (Å²) in [4.78, 5) is 21.2. The molecule has 0 aliphatic heterocycles. The van der Waals surface area contributed by atoms with Gasteiger partial charge in [-0.25, -0.2) is 14.4 Å². The van der Waals surface area contributed by atoms with Crippen LogP contribution in [0.1, 0.15) is 104 Å². The van der Waals surface area contributed by atoms with Gasteiger partial charge >= 0.3 is 5.97 Å². The van der Waals surface area contributed by atoms with Crippen molar-refractivity contribution in [1.82, 2.24) is 9.97 Å². The number of esters is 1. The van der Waals surface area contributed by atoms with Crippen LogP contribution in [0.4, 0.5) is 4.39 Å². The van der Waals surface area contributed by atoms with Gasteiger partial charge in [-0.15, -0.1) is 0 Å². The third-order valence-electron chi connectivity index (χ3n) is 7.48. The number of nitrogens with zero attached hydrogens (tertiary/aromatic N) is 2. The van der Waals surface area contributed by atoms with Gasteiger partial charge in [0.05, 0.1) is 11.5 Å². The summed E-state index contributed by atoms with van der Waals surface area (Å²) < 4.78 is 20.3. The molecule has 0 spiro atoms. The van der Waals surface area contributed by atoms with Crippen LogP contribution in [0.2, 0.25) is 0 Å². The predicted octanol–water partition coefficient (Wildman–Crippen LogP) is 10.0. The molecule has 0 bridgehead atoms. The molecule has 4 nitrogen and oxygen atoms in total. The summed E-state index contributed by atoms with van der Waals surface area (Å²) in [7, 11) is 0. The molecule has 1 heterocycles. The van der Waals surface area contributed by atoms with E-state index in [1.54, 1.807) is 24.5 Å². The van der Waals surface area contributed by atoms with E-state index in [0.717, 1.165) is 36.8 Å². The molecule has 1 unspecified atom stereocenters. The van der Waals surface area contributed by atoms with Crippen molar-refractivity contribution < 1.29 is 13.9 Å². The van der Waals surface area contributed by atoms with Gasteiger partial charge in [-0.3, -0.25) is 4.79 Å². The Kier molecular flexibility index (Phi) is 13.3. The highest BCUT2D eigenvalue weighted by Crippen LogP contribution is 2.26. The van der Waals surface area contributed by atoms with Crippen LogP contribution in [-0.4, -0.2) is 15.9 Å². The van der Waals surface area contributed by atoms with Gasteiger partial charge in [0, 0.05) is 24.0 Å². The summed E-state index contributed by atoms with van der Waals surface area (Å²) in [6.45, 7) is 8.45. The average molecular weight is 547 g/mol. The molecule has 0 saturated carbocycles. The Morgan fingerprint density at radius 1 is 0.800 bits per heavy atom. The number of benzene rings is 2. The number of ether oxygens (including phenoxy) is 1. The van der Waals surface area contributed by atoms with E-state index in [-0.39, 0.29) is 23.2 Å². The first kappa shape index (κ1) is 31.4. The lowest BCUT2D eigenvalue weighted by molar-refractivity contribution is -0.138. The molecule has 0 radical (unpaired) electrons. The largest absolute Gasteiger partial charge is 0.426 e. The van der Waals surface area contributed by atoms with Crippen LogP contribution in [0, 0.1) is 17.7 Å². The van der Waals surface area contributed by atoms with E-state index >= 15 is 0 Å². The van der Waals surface area contributed by atoms with Gasteiger partial charge < -0.3 is 4.74 Å². The number of rotatable bonds is 17. The monoisotopic (exact) mass is 546 g/mol. The Morgan fingerprint density at radius 3 is 2.08 bits per heavy atom. The zero-order valence-electron chi connectivity index (χ0n) is 24.9. The second-order valence-electron chi connectivity index (χ2n) is 11.5. The maximum absolute atomic E-state index is 14.9. The Morgan fingerprint density at radius 2 is 1.45 bits per heavy atom. The van der Waals surface area contributed by atoms with Gasteiger partial charge in [-0.05, 0) is 48.4 Å². The summed E-state index contributed by atoms with van der Waals surface area (Å²) in [6.07, 6.45) is 18.0. The third-order valence-corrected chi connectivity index (χ3v) is 7.48. The molecule has 5 heteroatoms. The third kappa shape index (κ3) is 10.5. The topological polar surface area (TPSA) is 52.1 Å². The highest BCUT2D eigenvalue weighted by Gasteiger charge is 2.17. The fourth-order valence-corrected chi connectivity index (χ4v) is 4.85. The zero-order chi connectivity index (χ0) is 28.7. The number of halogens is 1. The molecule has 2 aromatic carbocycles. The number of carbonyl (C=O) groups excluding carboxylic acids is 1. The molecule has 3 rings (SSSR count). The molecule has 0 N–H and O–H groups in total. The van der Waals surface area contributed by atoms with Crippen molar-refractivity contribution in [3.05, 3.63) is 66.2 Å². The predicted molar refractivity (Wildman–Crippen MR) is 163 cm³/mol. The SMILES string of the molecule is CCCCCCCCCCc1ccc(-c2cnc(-c3ccc(OC(=O)C(C)CCCC(C)C)cc3F)nc2)cc1. The van der Waals surface area contributed by atoms with Crippen LogP contribution in [0.5, 0.6) is 5.75 Å². The summed E-state index contributed by atoms with van der Waals surface area (Å²) in [5.74, 6) is 0.0295. The normalized spacial score (nSPS) is 12.1. The molecule has 0 amide bonds. The summed E-state index contributed by atoms with van der Waals surface area (Å²) >= 11 is 0. The van der Waals surface area contributed by atoms with Crippen LogP contribution in [0.15, 0.2) is 54.9 Å². The highest BCUT2D eigenvalue weighted by atomic mass is 19.1. The van der Waals surface area contributed by atoms with Gasteiger partial charge in [0.1, 0.15) is 11.6 Å². The number of hydrogen-bond donors (Lipinski definition) is 0. The van der Waals surface area contributed by atoms with Crippen molar-refractivity contribution in [2.75, 3.05) is 0 Å². The number of hydrogen-bond acceptors (Lipinski definition) is 4. The van der Waals surface area contributed by atoms with Crippen molar-refractivity contribution in [3.8, 4) is 28.3 Å². The Hall–Kier alpha value is -3.08. The first-order chi connectivity index (χ1) is 19.4. The fourth-order valence-electron chi connectivity index (χ4n) is 4.85. The van der Waals surface area contributed by atoms with Crippen LogP contribution in [0.3, 0.4) is 0 Å².